The third kappa shape index (κ3) is 4.95. The molecule has 0 radical (unpaired) electrons. The van der Waals surface area contributed by atoms with Crippen molar-refractivity contribution >= 4 is 0 Å². The van der Waals surface area contributed by atoms with Crippen LogP contribution < -0.4 is 19.5 Å². The molecule has 0 spiro atoms. The Balaban J connectivity index is 2.46. The van der Waals surface area contributed by atoms with Crippen molar-refractivity contribution in [2.75, 3.05) is 33.9 Å². The summed E-state index contributed by atoms with van der Waals surface area (Å²) in [7, 11) is 3.25. The van der Waals surface area contributed by atoms with E-state index in [0.717, 1.165) is 36.8 Å². The van der Waals surface area contributed by atoms with E-state index in [1.165, 1.54) is 0 Å². The zero-order chi connectivity index (χ0) is 12.5. The fourth-order valence-corrected chi connectivity index (χ4v) is 1.41. The number of hydrogen-bond donors (Lipinski definition) is 1. The minimum absolute atomic E-state index is 0.635. The second kappa shape index (κ2) is 7.79. The SMILES string of the molecule is CCCNCCOc1cc(OC)cc(OC)c1. The van der Waals surface area contributed by atoms with Crippen LogP contribution in [0.25, 0.3) is 0 Å². The third-order valence-corrected chi connectivity index (χ3v) is 2.30. The predicted octanol–water partition coefficient (Wildman–Crippen LogP) is 2.08. The maximum atomic E-state index is 5.62. The normalized spacial score (nSPS) is 10.1. The van der Waals surface area contributed by atoms with Crippen LogP contribution in [0.1, 0.15) is 13.3 Å². The Kier molecular flexibility index (Phi) is 6.25. The Morgan fingerprint density at radius 3 is 2.06 bits per heavy atom. The third-order valence-electron chi connectivity index (χ3n) is 2.30. The maximum Gasteiger partial charge on any atom is 0.126 e. The Hall–Kier alpha value is -1.42. The molecule has 1 rings (SSSR count). The maximum absolute atomic E-state index is 5.62. The summed E-state index contributed by atoms with van der Waals surface area (Å²) in [6.45, 7) is 4.63. The minimum Gasteiger partial charge on any atom is -0.496 e. The fourth-order valence-electron chi connectivity index (χ4n) is 1.41. The number of hydrogen-bond acceptors (Lipinski definition) is 4. The highest BCUT2D eigenvalue weighted by Crippen LogP contribution is 2.27. The summed E-state index contributed by atoms with van der Waals surface area (Å²) in [5.41, 5.74) is 0. The molecular formula is C13H21NO3. The van der Waals surface area contributed by atoms with Gasteiger partial charge in [-0.25, -0.2) is 0 Å². The lowest BCUT2D eigenvalue weighted by molar-refractivity contribution is 0.308. The lowest BCUT2D eigenvalue weighted by Gasteiger charge is -2.10. The van der Waals surface area contributed by atoms with Gasteiger partial charge in [0.1, 0.15) is 23.9 Å². The summed E-state index contributed by atoms with van der Waals surface area (Å²) in [6, 6.07) is 5.52. The molecule has 0 aliphatic heterocycles. The first kappa shape index (κ1) is 13.6. The second-order valence-corrected chi connectivity index (χ2v) is 3.65. The van der Waals surface area contributed by atoms with Crippen molar-refractivity contribution in [3.8, 4) is 17.2 Å². The van der Waals surface area contributed by atoms with Crippen LogP contribution in [-0.4, -0.2) is 33.9 Å². The molecule has 0 bridgehead atoms. The van der Waals surface area contributed by atoms with Gasteiger partial charge in [-0.05, 0) is 13.0 Å². The molecule has 0 heterocycles. The van der Waals surface area contributed by atoms with E-state index in [9.17, 15) is 0 Å². The zero-order valence-electron chi connectivity index (χ0n) is 10.8. The summed E-state index contributed by atoms with van der Waals surface area (Å²) >= 11 is 0. The average Bonchev–Trinajstić information content (AvgIpc) is 2.38. The Morgan fingerprint density at radius 2 is 1.53 bits per heavy atom. The first-order valence-electron chi connectivity index (χ1n) is 5.86. The van der Waals surface area contributed by atoms with Crippen LogP contribution in [0, 0.1) is 0 Å². The predicted molar refractivity (Wildman–Crippen MR) is 68.2 cm³/mol. The van der Waals surface area contributed by atoms with Gasteiger partial charge in [0.25, 0.3) is 0 Å². The van der Waals surface area contributed by atoms with Gasteiger partial charge in [-0.3, -0.25) is 0 Å². The molecule has 1 aromatic rings. The van der Waals surface area contributed by atoms with Crippen LogP contribution in [0.15, 0.2) is 18.2 Å². The average molecular weight is 239 g/mol. The largest absolute Gasteiger partial charge is 0.496 e. The number of nitrogens with one attached hydrogen (secondary N) is 1. The summed E-state index contributed by atoms with van der Waals surface area (Å²) < 4.78 is 15.9. The quantitative estimate of drug-likeness (QED) is 0.705. The van der Waals surface area contributed by atoms with Crippen molar-refractivity contribution in [2.24, 2.45) is 0 Å². The van der Waals surface area contributed by atoms with E-state index < -0.39 is 0 Å². The van der Waals surface area contributed by atoms with Crippen LogP contribution in [0.5, 0.6) is 17.2 Å². The minimum atomic E-state index is 0.635. The summed E-state index contributed by atoms with van der Waals surface area (Å²) in [5, 5.41) is 3.28. The highest BCUT2D eigenvalue weighted by molar-refractivity contribution is 5.41. The number of rotatable bonds is 8. The molecule has 0 atom stereocenters. The van der Waals surface area contributed by atoms with Crippen molar-refractivity contribution in [3.05, 3.63) is 18.2 Å². The topological polar surface area (TPSA) is 39.7 Å². The smallest absolute Gasteiger partial charge is 0.126 e. The van der Waals surface area contributed by atoms with Crippen molar-refractivity contribution in [1.82, 2.24) is 5.32 Å². The molecule has 1 aromatic carbocycles. The van der Waals surface area contributed by atoms with Crippen molar-refractivity contribution in [2.45, 2.75) is 13.3 Å². The number of benzene rings is 1. The molecule has 4 heteroatoms. The van der Waals surface area contributed by atoms with Gasteiger partial charge in [0.05, 0.1) is 14.2 Å². The van der Waals surface area contributed by atoms with Gasteiger partial charge in [0, 0.05) is 24.7 Å². The Morgan fingerprint density at radius 1 is 0.941 bits per heavy atom. The number of ether oxygens (including phenoxy) is 3. The molecule has 96 valence electrons. The van der Waals surface area contributed by atoms with E-state index in [2.05, 4.69) is 12.2 Å². The van der Waals surface area contributed by atoms with E-state index in [0.29, 0.717) is 6.61 Å². The van der Waals surface area contributed by atoms with Crippen LogP contribution in [0.4, 0.5) is 0 Å². The Labute approximate surface area is 103 Å². The molecule has 0 fully saturated rings. The van der Waals surface area contributed by atoms with E-state index in [1.807, 2.05) is 18.2 Å². The van der Waals surface area contributed by atoms with Gasteiger partial charge in [0.15, 0.2) is 0 Å². The van der Waals surface area contributed by atoms with E-state index >= 15 is 0 Å². The van der Waals surface area contributed by atoms with Crippen LogP contribution >= 0.6 is 0 Å². The molecule has 0 aromatic heterocycles. The first-order chi connectivity index (χ1) is 8.30. The van der Waals surface area contributed by atoms with E-state index in [4.69, 9.17) is 14.2 Å². The van der Waals surface area contributed by atoms with E-state index in [-0.39, 0.29) is 0 Å². The van der Waals surface area contributed by atoms with Gasteiger partial charge in [-0.2, -0.15) is 0 Å². The molecule has 0 unspecified atom stereocenters. The van der Waals surface area contributed by atoms with Crippen molar-refractivity contribution in [1.29, 1.82) is 0 Å². The van der Waals surface area contributed by atoms with Gasteiger partial charge in [-0.1, -0.05) is 6.92 Å². The highest BCUT2D eigenvalue weighted by atomic mass is 16.5. The van der Waals surface area contributed by atoms with Crippen LogP contribution in [0.3, 0.4) is 0 Å². The molecule has 0 saturated carbocycles. The van der Waals surface area contributed by atoms with Crippen LogP contribution in [0.2, 0.25) is 0 Å². The van der Waals surface area contributed by atoms with Gasteiger partial charge in [-0.15, -0.1) is 0 Å². The lowest BCUT2D eigenvalue weighted by atomic mass is 10.3. The molecule has 1 N–H and O–H groups in total. The molecule has 0 aliphatic carbocycles. The molecule has 17 heavy (non-hydrogen) atoms. The van der Waals surface area contributed by atoms with E-state index in [1.54, 1.807) is 14.2 Å². The first-order valence-corrected chi connectivity index (χ1v) is 5.86. The lowest BCUT2D eigenvalue weighted by Crippen LogP contribution is -2.21. The van der Waals surface area contributed by atoms with Crippen molar-refractivity contribution < 1.29 is 14.2 Å². The van der Waals surface area contributed by atoms with Gasteiger partial charge >= 0.3 is 0 Å². The summed E-state index contributed by atoms with van der Waals surface area (Å²) in [4.78, 5) is 0. The standard InChI is InChI=1S/C13H21NO3/c1-4-5-14-6-7-17-13-9-11(15-2)8-12(10-13)16-3/h8-10,14H,4-7H2,1-3H3. The number of methoxy groups -OCH3 is 2. The molecule has 0 amide bonds. The zero-order valence-corrected chi connectivity index (χ0v) is 10.8. The summed E-state index contributed by atoms with van der Waals surface area (Å²) in [5.74, 6) is 2.24. The Bertz CT molecular complexity index is 306. The van der Waals surface area contributed by atoms with Gasteiger partial charge in [0.2, 0.25) is 0 Å². The molecule has 0 saturated heterocycles. The van der Waals surface area contributed by atoms with Crippen molar-refractivity contribution in [3.63, 3.8) is 0 Å². The van der Waals surface area contributed by atoms with Crippen LogP contribution in [-0.2, 0) is 0 Å². The second-order valence-electron chi connectivity index (χ2n) is 3.65. The molecule has 4 nitrogen and oxygen atoms in total. The fraction of sp³-hybridized carbons (Fsp3) is 0.538. The molecule has 0 aliphatic rings. The highest BCUT2D eigenvalue weighted by Gasteiger charge is 2.02. The molecular weight excluding hydrogens is 218 g/mol. The summed E-state index contributed by atoms with van der Waals surface area (Å²) in [6.07, 6.45) is 1.13. The van der Waals surface area contributed by atoms with Gasteiger partial charge < -0.3 is 19.5 Å². The monoisotopic (exact) mass is 239 g/mol.